The number of anilines is 1. The fourth-order valence-electron chi connectivity index (χ4n) is 1.67. The van der Waals surface area contributed by atoms with E-state index in [0.717, 1.165) is 5.01 Å². The number of nitrogens with one attached hydrogen (secondary N) is 1. The van der Waals surface area contributed by atoms with Crippen LogP contribution in [0.4, 0.5) is 5.13 Å². The van der Waals surface area contributed by atoms with Crippen LogP contribution < -0.4 is 5.32 Å². The Morgan fingerprint density at radius 3 is 2.52 bits per heavy atom. The third-order valence-electron chi connectivity index (χ3n) is 2.79. The summed E-state index contributed by atoms with van der Waals surface area (Å²) in [7, 11) is 0. The highest BCUT2D eigenvalue weighted by molar-refractivity contribution is 7.15. The SMILES string of the molecule is Cc1nnc(NC(=O)CCC(=O)OCC(=O)c2ccccc2)s1. The molecular formula is C15H15N3O4S. The van der Waals surface area contributed by atoms with Crippen LogP contribution in [0.15, 0.2) is 30.3 Å². The summed E-state index contributed by atoms with van der Waals surface area (Å²) >= 11 is 1.25. The van der Waals surface area contributed by atoms with Crippen LogP contribution in [0.2, 0.25) is 0 Å². The van der Waals surface area contributed by atoms with Crippen LogP contribution in [0, 0.1) is 6.92 Å². The number of aromatic nitrogens is 2. The van der Waals surface area contributed by atoms with E-state index in [-0.39, 0.29) is 31.1 Å². The van der Waals surface area contributed by atoms with Gasteiger partial charge in [-0.1, -0.05) is 41.7 Å². The first kappa shape index (κ1) is 16.8. The number of ketones is 1. The monoisotopic (exact) mass is 333 g/mol. The smallest absolute Gasteiger partial charge is 0.306 e. The van der Waals surface area contributed by atoms with E-state index in [0.29, 0.717) is 10.7 Å². The minimum atomic E-state index is -0.599. The van der Waals surface area contributed by atoms with E-state index in [1.54, 1.807) is 37.3 Å². The molecule has 0 aliphatic carbocycles. The molecule has 1 aromatic carbocycles. The standard InChI is InChI=1S/C15H15N3O4S/c1-10-17-18-15(23-10)16-13(20)7-8-14(21)22-9-12(19)11-5-3-2-4-6-11/h2-6H,7-9H2,1H3,(H,16,18,20). The number of nitrogens with zero attached hydrogens (tertiary/aromatic N) is 2. The number of hydrogen-bond donors (Lipinski definition) is 1. The first-order valence-electron chi connectivity index (χ1n) is 6.88. The molecule has 0 unspecified atom stereocenters. The number of rotatable bonds is 7. The van der Waals surface area contributed by atoms with Crippen LogP contribution in [0.5, 0.6) is 0 Å². The number of hydrogen-bond acceptors (Lipinski definition) is 7. The zero-order valence-corrected chi connectivity index (χ0v) is 13.3. The second-order valence-electron chi connectivity index (χ2n) is 4.62. The van der Waals surface area contributed by atoms with Crippen molar-refractivity contribution >= 4 is 34.1 Å². The molecule has 1 N–H and O–H groups in total. The van der Waals surface area contributed by atoms with Crippen molar-refractivity contribution in [1.82, 2.24) is 10.2 Å². The third kappa shape index (κ3) is 5.59. The lowest BCUT2D eigenvalue weighted by Crippen LogP contribution is -2.17. The zero-order valence-electron chi connectivity index (χ0n) is 12.4. The molecule has 8 heteroatoms. The summed E-state index contributed by atoms with van der Waals surface area (Å²) < 4.78 is 4.87. The lowest BCUT2D eigenvalue weighted by atomic mass is 10.1. The number of carbonyl (C=O) groups is 3. The lowest BCUT2D eigenvalue weighted by molar-refractivity contribution is -0.143. The molecule has 23 heavy (non-hydrogen) atoms. The fraction of sp³-hybridized carbons (Fsp3) is 0.267. The molecule has 0 aliphatic heterocycles. The molecule has 0 spiro atoms. The van der Waals surface area contributed by atoms with Crippen molar-refractivity contribution in [2.45, 2.75) is 19.8 Å². The summed E-state index contributed by atoms with van der Waals surface area (Å²) in [5.74, 6) is -1.24. The molecule has 120 valence electrons. The summed E-state index contributed by atoms with van der Waals surface area (Å²) in [5.41, 5.74) is 0.477. The largest absolute Gasteiger partial charge is 0.457 e. The minimum absolute atomic E-state index is 0.0447. The molecule has 0 fully saturated rings. The van der Waals surface area contributed by atoms with Gasteiger partial charge in [0.05, 0.1) is 6.42 Å². The number of carbonyl (C=O) groups excluding carboxylic acids is 3. The van der Waals surface area contributed by atoms with E-state index in [9.17, 15) is 14.4 Å². The highest BCUT2D eigenvalue weighted by Gasteiger charge is 2.12. The van der Waals surface area contributed by atoms with E-state index >= 15 is 0 Å². The Bertz CT molecular complexity index is 700. The van der Waals surface area contributed by atoms with Gasteiger partial charge in [-0.3, -0.25) is 14.4 Å². The number of amides is 1. The Kier molecular flexibility index (Phi) is 5.93. The van der Waals surface area contributed by atoms with E-state index in [1.807, 2.05) is 0 Å². The zero-order chi connectivity index (χ0) is 16.7. The van der Waals surface area contributed by atoms with Gasteiger partial charge in [-0.2, -0.15) is 0 Å². The fourth-order valence-corrected chi connectivity index (χ4v) is 2.28. The van der Waals surface area contributed by atoms with Crippen molar-refractivity contribution in [3.8, 4) is 0 Å². The van der Waals surface area contributed by atoms with Crippen molar-refractivity contribution in [3.05, 3.63) is 40.9 Å². The summed E-state index contributed by atoms with van der Waals surface area (Å²) in [6.07, 6.45) is -0.150. The molecule has 0 saturated heterocycles. The Morgan fingerprint density at radius 1 is 1.13 bits per heavy atom. The van der Waals surface area contributed by atoms with Crippen molar-refractivity contribution in [3.63, 3.8) is 0 Å². The number of benzene rings is 1. The van der Waals surface area contributed by atoms with Gasteiger partial charge in [0.1, 0.15) is 5.01 Å². The third-order valence-corrected chi connectivity index (χ3v) is 3.54. The topological polar surface area (TPSA) is 98.2 Å². The highest BCUT2D eigenvalue weighted by Crippen LogP contribution is 2.14. The quantitative estimate of drug-likeness (QED) is 0.614. The van der Waals surface area contributed by atoms with Crippen LogP contribution in [-0.4, -0.2) is 34.5 Å². The number of Topliss-reactive ketones (excluding diaryl/α,β-unsaturated/α-hetero) is 1. The normalized spacial score (nSPS) is 10.1. The maximum absolute atomic E-state index is 11.8. The van der Waals surface area contributed by atoms with Gasteiger partial charge in [0.2, 0.25) is 11.0 Å². The molecular weight excluding hydrogens is 318 g/mol. The minimum Gasteiger partial charge on any atom is -0.457 e. The number of aryl methyl sites for hydroxylation is 1. The van der Waals surface area contributed by atoms with Crippen molar-refractivity contribution < 1.29 is 19.1 Å². The Balaban J connectivity index is 1.68. The molecule has 0 atom stereocenters. The number of esters is 1. The van der Waals surface area contributed by atoms with E-state index in [1.165, 1.54) is 11.3 Å². The van der Waals surface area contributed by atoms with Gasteiger partial charge in [0.25, 0.3) is 0 Å². The molecule has 0 saturated carbocycles. The first-order chi connectivity index (χ1) is 11.0. The summed E-state index contributed by atoms with van der Waals surface area (Å²) in [6, 6.07) is 8.55. The van der Waals surface area contributed by atoms with Gasteiger partial charge in [-0.15, -0.1) is 10.2 Å². The maximum Gasteiger partial charge on any atom is 0.306 e. The molecule has 7 nitrogen and oxygen atoms in total. The maximum atomic E-state index is 11.8. The molecule has 2 aromatic rings. The Labute approximate surface area is 136 Å². The average molecular weight is 333 g/mol. The summed E-state index contributed by atoms with van der Waals surface area (Å²) in [4.78, 5) is 35.0. The Morgan fingerprint density at radius 2 is 1.87 bits per heavy atom. The van der Waals surface area contributed by atoms with Crippen molar-refractivity contribution in [2.75, 3.05) is 11.9 Å². The second kappa shape index (κ2) is 8.14. The first-order valence-corrected chi connectivity index (χ1v) is 7.70. The highest BCUT2D eigenvalue weighted by atomic mass is 32.1. The van der Waals surface area contributed by atoms with E-state index in [2.05, 4.69) is 15.5 Å². The Hall–Kier alpha value is -2.61. The number of ether oxygens (including phenoxy) is 1. The van der Waals surface area contributed by atoms with E-state index in [4.69, 9.17) is 4.74 Å². The van der Waals surface area contributed by atoms with Crippen molar-refractivity contribution in [1.29, 1.82) is 0 Å². The van der Waals surface area contributed by atoms with Gasteiger partial charge in [-0.05, 0) is 6.92 Å². The van der Waals surface area contributed by atoms with Crippen LogP contribution >= 0.6 is 11.3 Å². The second-order valence-corrected chi connectivity index (χ2v) is 5.81. The van der Waals surface area contributed by atoms with Gasteiger partial charge in [-0.25, -0.2) is 0 Å². The van der Waals surface area contributed by atoms with Crippen LogP contribution in [0.3, 0.4) is 0 Å². The van der Waals surface area contributed by atoms with Gasteiger partial charge in [0, 0.05) is 12.0 Å². The molecule has 2 rings (SSSR count). The lowest BCUT2D eigenvalue weighted by Gasteiger charge is -2.04. The average Bonchev–Trinajstić information content (AvgIpc) is 2.96. The van der Waals surface area contributed by atoms with Gasteiger partial charge in [0.15, 0.2) is 12.4 Å². The summed E-state index contributed by atoms with van der Waals surface area (Å²) in [5, 5.41) is 11.2. The molecule has 0 radical (unpaired) electrons. The molecule has 0 aliphatic rings. The van der Waals surface area contributed by atoms with Crippen LogP contribution in [0.25, 0.3) is 0 Å². The predicted molar refractivity (Wildman–Crippen MR) is 84.2 cm³/mol. The van der Waals surface area contributed by atoms with E-state index < -0.39 is 5.97 Å². The molecule has 0 bridgehead atoms. The predicted octanol–water partition coefficient (Wildman–Crippen LogP) is 1.99. The van der Waals surface area contributed by atoms with Crippen molar-refractivity contribution in [2.24, 2.45) is 0 Å². The van der Waals surface area contributed by atoms with Crippen LogP contribution in [0.1, 0.15) is 28.2 Å². The molecule has 1 heterocycles. The van der Waals surface area contributed by atoms with Gasteiger partial charge < -0.3 is 10.1 Å². The molecule has 1 amide bonds. The van der Waals surface area contributed by atoms with Crippen LogP contribution in [-0.2, 0) is 14.3 Å². The van der Waals surface area contributed by atoms with Gasteiger partial charge >= 0.3 is 5.97 Å². The molecule has 1 aromatic heterocycles. The summed E-state index contributed by atoms with van der Waals surface area (Å²) in [6.45, 7) is 1.44.